The first-order valence-corrected chi connectivity index (χ1v) is 8.64. The van der Waals surface area contributed by atoms with Gasteiger partial charge in [0.1, 0.15) is 12.1 Å². The third-order valence-corrected chi connectivity index (χ3v) is 4.45. The molecule has 1 fully saturated rings. The van der Waals surface area contributed by atoms with E-state index in [0.29, 0.717) is 16.8 Å². The van der Waals surface area contributed by atoms with Gasteiger partial charge in [0.05, 0.1) is 11.6 Å². The summed E-state index contributed by atoms with van der Waals surface area (Å²) in [6.45, 7) is 0.896. The number of nitrogens with one attached hydrogen (secondary N) is 3. The van der Waals surface area contributed by atoms with E-state index in [1.54, 1.807) is 42.5 Å². The molecule has 29 heavy (non-hydrogen) atoms. The van der Waals surface area contributed by atoms with Crippen LogP contribution in [0.3, 0.4) is 0 Å². The monoisotopic (exact) mass is 391 g/mol. The maximum atomic E-state index is 12.8. The highest BCUT2D eigenvalue weighted by molar-refractivity contribution is 6.10. The van der Waals surface area contributed by atoms with Crippen LogP contribution in [-0.4, -0.2) is 35.3 Å². The summed E-state index contributed by atoms with van der Waals surface area (Å²) >= 11 is 0. The van der Waals surface area contributed by atoms with Gasteiger partial charge in [-0.25, -0.2) is 9.59 Å². The number of amides is 6. The molecule has 0 aromatic heterocycles. The Morgan fingerprint density at radius 1 is 1.10 bits per heavy atom. The van der Waals surface area contributed by atoms with Crippen molar-refractivity contribution in [2.75, 3.05) is 11.9 Å². The normalized spacial score (nSPS) is 18.0. The Hall–Kier alpha value is -4.19. The van der Waals surface area contributed by atoms with Crippen molar-refractivity contribution in [3.05, 3.63) is 65.7 Å². The van der Waals surface area contributed by atoms with E-state index in [9.17, 15) is 19.2 Å². The van der Waals surface area contributed by atoms with Crippen LogP contribution in [0.5, 0.6) is 0 Å². The number of anilines is 1. The quantitative estimate of drug-likeness (QED) is 0.682. The number of para-hydroxylation sites is 1. The third kappa shape index (κ3) is 4.06. The summed E-state index contributed by atoms with van der Waals surface area (Å²) in [5.74, 6) is -1.45. The Kier molecular flexibility index (Phi) is 5.27. The Morgan fingerprint density at radius 3 is 2.38 bits per heavy atom. The van der Waals surface area contributed by atoms with E-state index < -0.39 is 36.0 Å². The van der Waals surface area contributed by atoms with Gasteiger partial charge in [-0.2, -0.15) is 5.26 Å². The molecule has 3 rings (SSSR count). The van der Waals surface area contributed by atoms with E-state index in [2.05, 4.69) is 16.0 Å². The minimum Gasteiger partial charge on any atom is -0.319 e. The molecule has 0 saturated carbocycles. The molecule has 3 N–H and O–H groups in total. The van der Waals surface area contributed by atoms with Gasteiger partial charge in [-0.3, -0.25) is 19.8 Å². The van der Waals surface area contributed by atoms with Crippen molar-refractivity contribution in [2.24, 2.45) is 0 Å². The van der Waals surface area contributed by atoms with E-state index in [-0.39, 0.29) is 0 Å². The van der Waals surface area contributed by atoms with Gasteiger partial charge in [0.15, 0.2) is 0 Å². The Bertz CT molecular complexity index is 1010. The first-order chi connectivity index (χ1) is 13.8. The molecular weight excluding hydrogens is 374 g/mol. The minimum atomic E-state index is -1.38. The lowest BCUT2D eigenvalue weighted by atomic mass is 9.91. The van der Waals surface area contributed by atoms with Crippen LogP contribution in [0.2, 0.25) is 0 Å². The lowest BCUT2D eigenvalue weighted by Gasteiger charge is -2.22. The summed E-state index contributed by atoms with van der Waals surface area (Å²) in [5, 5.41) is 16.0. The van der Waals surface area contributed by atoms with Crippen LogP contribution in [0.1, 0.15) is 18.1 Å². The van der Waals surface area contributed by atoms with Crippen molar-refractivity contribution in [2.45, 2.75) is 12.5 Å². The van der Waals surface area contributed by atoms with Crippen molar-refractivity contribution in [3.8, 4) is 6.07 Å². The molecule has 146 valence electrons. The summed E-state index contributed by atoms with van der Waals surface area (Å²) in [4.78, 5) is 49.8. The number of carbonyl (C=O) groups excluding carboxylic acids is 4. The molecule has 0 spiro atoms. The highest BCUT2D eigenvalue weighted by atomic mass is 16.2. The zero-order valence-electron chi connectivity index (χ0n) is 15.4. The van der Waals surface area contributed by atoms with E-state index >= 15 is 0 Å². The molecule has 2 aromatic rings. The fraction of sp³-hybridized carbons (Fsp3) is 0.150. The molecule has 0 bridgehead atoms. The number of nitrogens with zero attached hydrogens (tertiary/aromatic N) is 2. The molecule has 1 unspecified atom stereocenters. The van der Waals surface area contributed by atoms with Gasteiger partial charge >= 0.3 is 12.1 Å². The largest absolute Gasteiger partial charge is 0.325 e. The number of benzene rings is 2. The van der Waals surface area contributed by atoms with Crippen molar-refractivity contribution in [3.63, 3.8) is 0 Å². The molecule has 1 saturated heterocycles. The number of imide groups is 2. The molecule has 1 aliphatic heterocycles. The average molecular weight is 391 g/mol. The Labute approximate surface area is 166 Å². The number of hydrogen-bond acceptors (Lipinski definition) is 5. The summed E-state index contributed by atoms with van der Waals surface area (Å²) in [5.41, 5.74) is -0.00646. The number of rotatable bonds is 4. The number of nitriles is 1. The SMILES string of the molecule is CC1(c2ccc(C#N)cc2)NC(=O)N(CC(=O)NC(=O)Nc2ccccc2)C1=O. The molecule has 1 atom stereocenters. The van der Waals surface area contributed by atoms with Gasteiger partial charge in [-0.05, 0) is 36.8 Å². The first kappa shape index (κ1) is 19.6. The average Bonchev–Trinajstić information content (AvgIpc) is 2.92. The van der Waals surface area contributed by atoms with Gasteiger partial charge < -0.3 is 10.6 Å². The zero-order chi connectivity index (χ0) is 21.0. The highest BCUT2D eigenvalue weighted by Crippen LogP contribution is 2.28. The third-order valence-electron chi connectivity index (χ3n) is 4.45. The van der Waals surface area contributed by atoms with Crippen LogP contribution < -0.4 is 16.0 Å². The lowest BCUT2D eigenvalue weighted by molar-refractivity contribution is -0.134. The van der Waals surface area contributed by atoms with Gasteiger partial charge in [0, 0.05) is 5.69 Å². The first-order valence-electron chi connectivity index (χ1n) is 8.64. The van der Waals surface area contributed by atoms with Crippen LogP contribution in [0.4, 0.5) is 15.3 Å². The smallest absolute Gasteiger partial charge is 0.319 e. The van der Waals surface area contributed by atoms with E-state index in [0.717, 1.165) is 4.90 Å². The number of carbonyl (C=O) groups is 4. The van der Waals surface area contributed by atoms with Gasteiger partial charge in [-0.1, -0.05) is 30.3 Å². The van der Waals surface area contributed by atoms with Crippen LogP contribution >= 0.6 is 0 Å². The van der Waals surface area contributed by atoms with Crippen LogP contribution in [-0.2, 0) is 15.1 Å². The molecule has 9 nitrogen and oxygen atoms in total. The molecule has 2 aromatic carbocycles. The molecule has 1 aliphatic rings. The van der Waals surface area contributed by atoms with Crippen molar-refractivity contribution >= 4 is 29.6 Å². The zero-order valence-corrected chi connectivity index (χ0v) is 15.4. The summed E-state index contributed by atoms with van der Waals surface area (Å²) < 4.78 is 0. The summed E-state index contributed by atoms with van der Waals surface area (Å²) in [7, 11) is 0. The second-order valence-electron chi connectivity index (χ2n) is 6.50. The molecular formula is C20H17N5O4. The van der Waals surface area contributed by atoms with Gasteiger partial charge in [0.2, 0.25) is 5.91 Å². The van der Waals surface area contributed by atoms with Crippen molar-refractivity contribution in [1.82, 2.24) is 15.5 Å². The minimum absolute atomic E-state index is 0.412. The maximum Gasteiger partial charge on any atom is 0.325 e. The molecule has 0 aliphatic carbocycles. The standard InChI is InChI=1S/C20H17N5O4/c1-20(14-9-7-13(11-21)8-10-14)17(27)25(19(29)24-20)12-16(26)23-18(28)22-15-5-3-2-4-6-15/h2-10H,12H2,1H3,(H,24,29)(H2,22,23,26,28). The Balaban J connectivity index is 1.65. The van der Waals surface area contributed by atoms with E-state index in [1.165, 1.54) is 19.1 Å². The predicted molar refractivity (Wildman–Crippen MR) is 102 cm³/mol. The van der Waals surface area contributed by atoms with Gasteiger partial charge in [-0.15, -0.1) is 0 Å². The second-order valence-corrected chi connectivity index (χ2v) is 6.50. The summed E-state index contributed by atoms with van der Waals surface area (Å²) in [6, 6.07) is 15.1. The predicted octanol–water partition coefficient (Wildman–Crippen LogP) is 1.67. The maximum absolute atomic E-state index is 12.8. The Morgan fingerprint density at radius 2 is 1.76 bits per heavy atom. The molecule has 1 heterocycles. The fourth-order valence-electron chi connectivity index (χ4n) is 2.91. The molecule has 0 radical (unpaired) electrons. The topological polar surface area (TPSA) is 131 Å². The number of hydrogen-bond donors (Lipinski definition) is 3. The molecule has 9 heteroatoms. The van der Waals surface area contributed by atoms with E-state index in [1.807, 2.05) is 6.07 Å². The van der Waals surface area contributed by atoms with Crippen LogP contribution in [0.25, 0.3) is 0 Å². The summed E-state index contributed by atoms with van der Waals surface area (Å²) in [6.07, 6.45) is 0. The highest BCUT2D eigenvalue weighted by Gasteiger charge is 2.49. The fourth-order valence-corrected chi connectivity index (χ4v) is 2.91. The lowest BCUT2D eigenvalue weighted by Crippen LogP contribution is -2.45. The second kappa shape index (κ2) is 7.82. The van der Waals surface area contributed by atoms with Crippen molar-refractivity contribution < 1.29 is 19.2 Å². The number of urea groups is 2. The van der Waals surface area contributed by atoms with Crippen LogP contribution in [0, 0.1) is 11.3 Å². The van der Waals surface area contributed by atoms with Crippen molar-refractivity contribution in [1.29, 1.82) is 5.26 Å². The molecule has 6 amide bonds. The van der Waals surface area contributed by atoms with Gasteiger partial charge in [0.25, 0.3) is 5.91 Å². The van der Waals surface area contributed by atoms with Crippen LogP contribution in [0.15, 0.2) is 54.6 Å². The van der Waals surface area contributed by atoms with E-state index in [4.69, 9.17) is 5.26 Å².